The van der Waals surface area contributed by atoms with Crippen molar-refractivity contribution in [2.45, 2.75) is 12.3 Å². The number of allylic oxidation sites excluding steroid dienone is 4. The zero-order valence-corrected chi connectivity index (χ0v) is 13.0. The van der Waals surface area contributed by atoms with Gasteiger partial charge in [0.05, 0.1) is 7.11 Å². The van der Waals surface area contributed by atoms with Crippen molar-refractivity contribution in [3.05, 3.63) is 68.0 Å². The maximum Gasteiger partial charge on any atom is 0 e. The van der Waals surface area contributed by atoms with Crippen LogP contribution in [-0.2, 0) is 31.0 Å². The topological polar surface area (TPSA) is 94.9 Å². The maximum absolute atomic E-state index is 7.50. The molecule has 0 amide bonds. The van der Waals surface area contributed by atoms with E-state index >= 15 is 0 Å². The number of nitrogens with two attached hydrogens (primary N) is 1. The van der Waals surface area contributed by atoms with E-state index in [1.165, 1.54) is 0 Å². The summed E-state index contributed by atoms with van der Waals surface area (Å²) in [6.45, 7) is 13.5. The molecule has 2 rings (SSSR count). The van der Waals surface area contributed by atoms with Gasteiger partial charge in [-0.2, -0.15) is 0 Å². The van der Waals surface area contributed by atoms with Gasteiger partial charge in [-0.25, -0.2) is 0 Å². The number of rotatable bonds is 2. The average molecular weight is 341 g/mol. The molecular formula is C16H15FeNO4. The molecule has 0 bridgehead atoms. The molecule has 0 fully saturated rings. The molecule has 1 aromatic carbocycles. The molecule has 0 saturated heterocycles. The molecule has 1 aliphatic carbocycles. The first kappa shape index (κ1) is 25.0. The van der Waals surface area contributed by atoms with Gasteiger partial charge in [0.2, 0.25) is 0 Å². The van der Waals surface area contributed by atoms with Gasteiger partial charge in [0.1, 0.15) is 5.75 Å². The number of methoxy groups -OCH3 is 1. The summed E-state index contributed by atoms with van der Waals surface area (Å²) in [6, 6.07) is 5.81. The molecule has 1 aliphatic rings. The Morgan fingerprint density at radius 2 is 1.68 bits per heavy atom. The van der Waals surface area contributed by atoms with E-state index in [1.807, 2.05) is 18.2 Å². The van der Waals surface area contributed by atoms with E-state index in [9.17, 15) is 0 Å². The van der Waals surface area contributed by atoms with Crippen LogP contribution in [0.25, 0.3) is 0 Å². The van der Waals surface area contributed by atoms with Crippen molar-refractivity contribution in [1.82, 2.24) is 0 Å². The van der Waals surface area contributed by atoms with Crippen molar-refractivity contribution < 1.29 is 35.8 Å². The van der Waals surface area contributed by atoms with Gasteiger partial charge in [-0.15, -0.1) is 0 Å². The predicted molar refractivity (Wildman–Crippen MR) is 74.8 cm³/mol. The first-order valence-electron chi connectivity index (χ1n) is 5.69. The van der Waals surface area contributed by atoms with Crippen molar-refractivity contribution in [2.24, 2.45) is 0 Å². The number of nitrogen functional groups attached to an aromatic ring is 1. The summed E-state index contributed by atoms with van der Waals surface area (Å²) in [5.41, 5.74) is 7.94. The fourth-order valence-electron chi connectivity index (χ4n) is 1.81. The van der Waals surface area contributed by atoms with Crippen LogP contribution < -0.4 is 10.5 Å². The fourth-order valence-corrected chi connectivity index (χ4v) is 1.81. The Labute approximate surface area is 140 Å². The van der Waals surface area contributed by atoms with Crippen LogP contribution in [0.2, 0.25) is 0 Å². The van der Waals surface area contributed by atoms with E-state index in [-0.39, 0.29) is 17.1 Å². The number of hydrogen-bond acceptors (Lipinski definition) is 2. The fraction of sp³-hybridized carbons (Fsp3) is 0.188. The normalized spacial score (nSPS) is 13.3. The van der Waals surface area contributed by atoms with Crippen LogP contribution in [0.3, 0.4) is 0 Å². The van der Waals surface area contributed by atoms with Gasteiger partial charge in [0.25, 0.3) is 0 Å². The molecule has 22 heavy (non-hydrogen) atoms. The predicted octanol–water partition coefficient (Wildman–Crippen LogP) is 2.76. The van der Waals surface area contributed by atoms with E-state index in [0.717, 1.165) is 23.4 Å². The summed E-state index contributed by atoms with van der Waals surface area (Å²) in [4.78, 5) is 0. The quantitative estimate of drug-likeness (QED) is 0.387. The van der Waals surface area contributed by atoms with E-state index in [2.05, 4.69) is 44.3 Å². The summed E-state index contributed by atoms with van der Waals surface area (Å²) in [5, 5.41) is 0. The largest absolute Gasteiger partial charge is 0 e. The van der Waals surface area contributed by atoms with Crippen LogP contribution in [0.4, 0.5) is 5.69 Å². The molecule has 1 unspecified atom stereocenters. The SMILES string of the molecule is COc1ccc(N)c(C2C=CC=CC2)c1.[C-]#[O+].[C-]#[O+].[C-]#[O+].[Fe]. The van der Waals surface area contributed by atoms with E-state index in [1.54, 1.807) is 7.11 Å². The third kappa shape index (κ3) is 8.35. The molecule has 0 spiro atoms. The van der Waals surface area contributed by atoms with Crippen molar-refractivity contribution in [3.63, 3.8) is 0 Å². The van der Waals surface area contributed by atoms with Crippen molar-refractivity contribution >= 4 is 5.69 Å². The van der Waals surface area contributed by atoms with Gasteiger partial charge < -0.3 is 10.5 Å². The minimum Gasteiger partial charge on any atom is 0 e. The van der Waals surface area contributed by atoms with Crippen LogP contribution >= 0.6 is 0 Å². The van der Waals surface area contributed by atoms with Gasteiger partial charge in [0, 0.05) is 28.7 Å². The molecule has 0 heterocycles. The molecule has 0 aliphatic heterocycles. The van der Waals surface area contributed by atoms with Crippen LogP contribution in [-0.4, -0.2) is 7.11 Å². The summed E-state index contributed by atoms with van der Waals surface area (Å²) in [7, 11) is 1.67. The second-order valence-corrected chi connectivity index (χ2v) is 3.65. The molecule has 0 saturated carbocycles. The van der Waals surface area contributed by atoms with Crippen LogP contribution in [0.5, 0.6) is 5.75 Å². The summed E-state index contributed by atoms with van der Waals surface area (Å²) >= 11 is 0. The minimum atomic E-state index is 0. The first-order chi connectivity index (χ1) is 10.3. The average Bonchev–Trinajstić information content (AvgIpc) is 2.61. The Bertz CT molecular complexity index is 518. The monoisotopic (exact) mass is 341 g/mol. The Morgan fingerprint density at radius 1 is 1.09 bits per heavy atom. The van der Waals surface area contributed by atoms with Gasteiger partial charge in [-0.1, -0.05) is 24.3 Å². The summed E-state index contributed by atoms with van der Waals surface area (Å²) in [6.07, 6.45) is 9.46. The number of hydrogen-bond donors (Lipinski definition) is 1. The minimum absolute atomic E-state index is 0. The van der Waals surface area contributed by atoms with E-state index < -0.39 is 0 Å². The van der Waals surface area contributed by atoms with Crippen molar-refractivity contribution in [1.29, 1.82) is 0 Å². The third-order valence-electron chi connectivity index (χ3n) is 2.67. The molecule has 2 N–H and O–H groups in total. The van der Waals surface area contributed by atoms with Crippen LogP contribution in [0.15, 0.2) is 42.5 Å². The summed E-state index contributed by atoms with van der Waals surface area (Å²) < 4.78 is 27.7. The molecule has 1 atom stereocenters. The van der Waals surface area contributed by atoms with E-state index in [4.69, 9.17) is 24.4 Å². The van der Waals surface area contributed by atoms with Gasteiger partial charge in [0.15, 0.2) is 0 Å². The molecule has 6 heteroatoms. The second kappa shape index (κ2) is 17.1. The molecular weight excluding hydrogens is 326 g/mol. The molecule has 116 valence electrons. The van der Waals surface area contributed by atoms with Crippen molar-refractivity contribution in [3.8, 4) is 5.75 Å². The smallest absolute Gasteiger partial charge is 0 e. The van der Waals surface area contributed by atoms with Gasteiger partial charge >= 0.3 is 33.9 Å². The zero-order valence-electron chi connectivity index (χ0n) is 11.9. The molecule has 0 radical (unpaired) electrons. The third-order valence-corrected chi connectivity index (χ3v) is 2.67. The van der Waals surface area contributed by atoms with Crippen LogP contribution in [0, 0.1) is 20.0 Å². The second-order valence-electron chi connectivity index (χ2n) is 3.65. The Balaban J connectivity index is -0.000000463. The Morgan fingerprint density at radius 3 is 2.14 bits per heavy atom. The van der Waals surface area contributed by atoms with E-state index in [0.29, 0.717) is 5.92 Å². The molecule has 1 aromatic rings. The number of anilines is 1. The van der Waals surface area contributed by atoms with Gasteiger partial charge in [-0.3, -0.25) is 0 Å². The maximum atomic E-state index is 7.50. The Kier molecular flexibility index (Phi) is 19.4. The zero-order chi connectivity index (χ0) is 16.7. The Hall–Kier alpha value is -1.96. The van der Waals surface area contributed by atoms with Crippen LogP contribution in [0.1, 0.15) is 17.9 Å². The van der Waals surface area contributed by atoms with Crippen molar-refractivity contribution in [2.75, 3.05) is 12.8 Å². The number of ether oxygens (including phenoxy) is 1. The standard InChI is InChI=1S/C13H15NO.3CO.Fe/c1-15-11-7-8-13(14)12(9-11)10-5-3-2-4-6-10;3*1-2;/h2-5,7-10H,6,14H2,1H3;;;;. The summed E-state index contributed by atoms with van der Waals surface area (Å²) in [5.74, 6) is 1.24. The number of benzene rings is 1. The molecule has 0 aromatic heterocycles. The first-order valence-corrected chi connectivity index (χ1v) is 5.69. The molecule has 5 nitrogen and oxygen atoms in total. The van der Waals surface area contributed by atoms with Gasteiger partial charge in [-0.05, 0) is 30.2 Å².